The molecule has 0 bridgehead atoms. The summed E-state index contributed by atoms with van der Waals surface area (Å²) in [6.07, 6.45) is 9.00. The number of aliphatic hydroxyl groups excluding tert-OH is 1. The van der Waals surface area contributed by atoms with Crippen molar-refractivity contribution in [2.45, 2.75) is 39.8 Å². The fraction of sp³-hybridized carbons (Fsp3) is 0.556. The Hall–Kier alpha value is -2.30. The molecule has 0 radical (unpaired) electrons. The number of aliphatic hydroxyl groups is 1. The van der Waals surface area contributed by atoms with Crippen LogP contribution < -0.4 is 34.3 Å². The smallest absolute Gasteiger partial charge is 1.00 e. The average Bonchev–Trinajstić information content (AvgIpc) is 3.67. The van der Waals surface area contributed by atoms with Gasteiger partial charge in [-0.2, -0.15) is 0 Å². The van der Waals surface area contributed by atoms with Crippen LogP contribution in [0.15, 0.2) is 41.9 Å². The molecule has 2 fully saturated rings. The van der Waals surface area contributed by atoms with Crippen LogP contribution in [0.2, 0.25) is 0 Å². The molecule has 4 aromatic heterocycles. The standard InChI is InChI=1S/C18H24FN5O2S.C14H23N3O2S.C4H2BrFN2.Na.H/c1-13(25)5-17-20-8-16(27-17)11-24-4-3-23(2)9-14(10-24)12-26-18-21-6-15(19)7-22-18;1-11(19)5-14-15-6-13(20-14)9-17-4-3-16(2)7-12(8-17)10-18;5-4-7-1-3(6)2-8-4;;/h6-8,14H,3-5,9-12H2,1-2H3;6,12,18H,3-5,7-10H2,1-2H3;1-2H;;/q;;;+1;-1. The van der Waals surface area contributed by atoms with Gasteiger partial charge in [0.05, 0.1) is 44.2 Å². The zero-order chi connectivity index (χ0) is 39.7. The Balaban J connectivity index is 0.000000328. The number of likely N-dealkylation sites (N-methyl/N-ethyl adjacent to an activating group) is 2. The van der Waals surface area contributed by atoms with Crippen LogP contribution >= 0.6 is 38.6 Å². The first-order valence-electron chi connectivity index (χ1n) is 17.9. The molecule has 2 aliphatic heterocycles. The summed E-state index contributed by atoms with van der Waals surface area (Å²) in [6.45, 7) is 13.2. The maximum absolute atomic E-state index is 12.9. The van der Waals surface area contributed by atoms with E-state index in [-0.39, 0.29) is 61.1 Å². The van der Waals surface area contributed by atoms with Gasteiger partial charge in [-0.05, 0) is 43.9 Å². The molecular weight excluding hydrogens is 841 g/mol. The van der Waals surface area contributed by atoms with Crippen LogP contribution in [0, 0.1) is 23.5 Å². The first-order chi connectivity index (χ1) is 26.3. The molecule has 0 saturated carbocycles. The number of halogens is 3. The molecule has 1 N–H and O–H groups in total. The van der Waals surface area contributed by atoms with E-state index in [1.54, 1.807) is 36.5 Å². The molecule has 0 aliphatic carbocycles. The van der Waals surface area contributed by atoms with Crippen LogP contribution in [0.25, 0.3) is 0 Å². The minimum absolute atomic E-state index is 0. The minimum Gasteiger partial charge on any atom is -1.00 e. The van der Waals surface area contributed by atoms with Crippen molar-refractivity contribution in [3.63, 3.8) is 0 Å². The number of aromatic nitrogens is 6. The molecule has 0 amide bonds. The van der Waals surface area contributed by atoms with Crippen LogP contribution in [0.3, 0.4) is 0 Å². The third kappa shape index (κ3) is 18.5. The van der Waals surface area contributed by atoms with Crippen molar-refractivity contribution in [1.29, 1.82) is 0 Å². The Bertz CT molecular complexity index is 1750. The summed E-state index contributed by atoms with van der Waals surface area (Å²) in [5.74, 6) is -0.0114. The monoisotopic (exact) mass is 890 g/mol. The first kappa shape index (κ1) is 48.1. The molecule has 6 heterocycles. The number of ketones is 2. The van der Waals surface area contributed by atoms with Gasteiger partial charge in [-0.1, -0.05) is 0 Å². The molecule has 14 nitrogen and oxygen atoms in total. The van der Waals surface area contributed by atoms with Crippen molar-refractivity contribution >= 4 is 50.2 Å². The van der Waals surface area contributed by atoms with E-state index in [0.717, 1.165) is 105 Å². The Labute approximate surface area is 367 Å². The van der Waals surface area contributed by atoms with Gasteiger partial charge >= 0.3 is 35.6 Å². The summed E-state index contributed by atoms with van der Waals surface area (Å²) in [5, 5.41) is 11.2. The molecule has 2 aliphatic rings. The quantitative estimate of drug-likeness (QED) is 0.158. The van der Waals surface area contributed by atoms with Crippen molar-refractivity contribution in [3.05, 3.63) is 73.3 Å². The maximum Gasteiger partial charge on any atom is 1.00 e. The Morgan fingerprint density at radius 1 is 0.750 bits per heavy atom. The second kappa shape index (κ2) is 25.2. The normalized spacial score (nSPS) is 18.3. The van der Waals surface area contributed by atoms with Crippen LogP contribution in [0.1, 0.15) is 35.0 Å². The van der Waals surface area contributed by atoms with Gasteiger partial charge in [0.15, 0.2) is 16.4 Å². The van der Waals surface area contributed by atoms with E-state index in [1.165, 1.54) is 4.88 Å². The molecule has 2 saturated heterocycles. The van der Waals surface area contributed by atoms with Gasteiger partial charge in [0.2, 0.25) is 0 Å². The van der Waals surface area contributed by atoms with Gasteiger partial charge in [0.1, 0.15) is 21.6 Å². The number of rotatable bonds is 12. The molecule has 2 atom stereocenters. The third-order valence-electron chi connectivity index (χ3n) is 8.42. The third-order valence-corrected chi connectivity index (χ3v) is 10.8. The van der Waals surface area contributed by atoms with Gasteiger partial charge in [-0.3, -0.25) is 19.4 Å². The van der Waals surface area contributed by atoms with Crippen molar-refractivity contribution in [2.24, 2.45) is 11.8 Å². The van der Waals surface area contributed by atoms with E-state index in [9.17, 15) is 23.5 Å². The van der Waals surface area contributed by atoms with E-state index in [2.05, 4.69) is 79.5 Å². The number of carbonyl (C=O) groups excluding carboxylic acids is 2. The number of thiazole rings is 2. The second-order valence-corrected chi connectivity index (χ2v) is 16.9. The number of hydrogen-bond acceptors (Lipinski definition) is 16. The van der Waals surface area contributed by atoms with E-state index in [1.807, 2.05) is 12.4 Å². The molecule has 2 unspecified atom stereocenters. The summed E-state index contributed by atoms with van der Waals surface area (Å²) in [6, 6.07) is 0.200. The minimum atomic E-state index is -0.476. The Kier molecular flexibility index (Phi) is 21.7. The van der Waals surface area contributed by atoms with Gasteiger partial charge in [-0.25, -0.2) is 38.7 Å². The Morgan fingerprint density at radius 3 is 1.64 bits per heavy atom. The molecule has 20 heteroatoms. The maximum atomic E-state index is 12.9. The number of nitrogens with zero attached hydrogens (tertiary/aromatic N) is 10. The van der Waals surface area contributed by atoms with Crippen molar-refractivity contribution in [3.8, 4) is 6.01 Å². The number of Topliss-reactive ketones (excluding diaryl/α,β-unsaturated/α-hetero) is 2. The SMILES string of the molecule is CC(=O)Cc1ncc(CN2CCN(C)CC(CO)C2)s1.CC(=O)Cc1ncc(CN2CCN(C)CC(COc3ncc(F)cn3)C2)s1.Fc1cnc(Br)nc1.[H-].[Na+]. The summed E-state index contributed by atoms with van der Waals surface area (Å²) in [4.78, 5) is 57.4. The van der Waals surface area contributed by atoms with Crippen LogP contribution in [0.4, 0.5) is 8.78 Å². The summed E-state index contributed by atoms with van der Waals surface area (Å²) >= 11 is 6.18. The van der Waals surface area contributed by atoms with Gasteiger partial charge in [-0.15, -0.1) is 22.7 Å². The molecule has 0 spiro atoms. The summed E-state index contributed by atoms with van der Waals surface area (Å²) in [7, 11) is 4.20. The first-order valence-corrected chi connectivity index (χ1v) is 20.3. The van der Waals surface area contributed by atoms with Gasteiger partial charge < -0.3 is 21.1 Å². The molecule has 4 aromatic rings. The van der Waals surface area contributed by atoms with Crippen molar-refractivity contribution in [1.82, 2.24) is 49.5 Å². The number of hydrogen-bond donors (Lipinski definition) is 1. The van der Waals surface area contributed by atoms with Gasteiger partial charge in [0, 0.05) is 106 Å². The van der Waals surface area contributed by atoms with E-state index in [0.29, 0.717) is 30.1 Å². The molecule has 6 rings (SSSR count). The van der Waals surface area contributed by atoms with E-state index < -0.39 is 11.6 Å². The second-order valence-electron chi connectivity index (χ2n) is 13.8. The molecule has 0 aromatic carbocycles. The Morgan fingerprint density at radius 2 is 1.20 bits per heavy atom. The van der Waals surface area contributed by atoms with E-state index in [4.69, 9.17) is 4.74 Å². The van der Waals surface area contributed by atoms with Crippen LogP contribution in [-0.4, -0.2) is 146 Å². The van der Waals surface area contributed by atoms with Crippen LogP contribution in [-0.2, 0) is 35.5 Å². The molecule has 302 valence electrons. The topological polar surface area (TPSA) is 154 Å². The van der Waals surface area contributed by atoms with Crippen LogP contribution in [0.5, 0.6) is 6.01 Å². The molecule has 56 heavy (non-hydrogen) atoms. The predicted molar refractivity (Wildman–Crippen MR) is 211 cm³/mol. The average molecular weight is 892 g/mol. The summed E-state index contributed by atoms with van der Waals surface area (Å²) < 4.78 is 30.9. The largest absolute Gasteiger partial charge is 1.00 e. The van der Waals surface area contributed by atoms with Crippen molar-refractivity contribution < 1.29 is 59.2 Å². The zero-order valence-corrected chi connectivity index (χ0v) is 37.8. The van der Waals surface area contributed by atoms with Crippen molar-refractivity contribution in [2.75, 3.05) is 79.7 Å². The summed E-state index contributed by atoms with van der Waals surface area (Å²) in [5.41, 5.74) is 0. The van der Waals surface area contributed by atoms with E-state index >= 15 is 0 Å². The fourth-order valence-corrected chi connectivity index (χ4v) is 8.24. The number of ether oxygens (including phenoxy) is 1. The fourth-order valence-electron chi connectivity index (χ4n) is 5.96. The number of carbonyl (C=O) groups is 2. The molecular formula is C36H50BrF2N10NaO4S2. The predicted octanol–water partition coefficient (Wildman–Crippen LogP) is 0.772. The van der Waals surface area contributed by atoms with Gasteiger partial charge in [0.25, 0.3) is 0 Å². The zero-order valence-electron chi connectivity index (χ0n) is 33.6.